The van der Waals surface area contributed by atoms with Crippen molar-refractivity contribution in [3.05, 3.63) is 71.3 Å². The fraction of sp³-hybridized carbons (Fsp3) is 0.611. The summed E-state index contributed by atoms with van der Waals surface area (Å²) in [5, 5.41) is 23.7. The standard InChI is InChI=1S/C36H45NO4/c1-32(2,3)33(4,39)27-19-35-15-14-34(27,22-38)31-36(35)16-17-37(20-23-10-11-23)28(35)18-25-12-13-26(30(41-31)29(25)36)40-21-24-8-6-5-7-9-24/h5-9,12-15,23,27-28,31,38-39H,10-11,16-22H2,1-4H3/t27?,28-,31+,33+,34+,35-,36+/m1/s1. The molecule has 5 heteroatoms. The number of hydrogen-bond donors (Lipinski definition) is 2. The van der Waals surface area contributed by atoms with E-state index in [0.717, 1.165) is 48.8 Å². The van der Waals surface area contributed by atoms with Crippen LogP contribution in [0.4, 0.5) is 0 Å². The molecule has 0 amide bonds. The molecular formula is C36H45NO4. The van der Waals surface area contributed by atoms with E-state index < -0.39 is 11.0 Å². The molecule has 1 unspecified atom stereocenters. The van der Waals surface area contributed by atoms with E-state index in [0.29, 0.717) is 12.6 Å². The Labute approximate surface area is 244 Å². The van der Waals surface area contributed by atoms with Gasteiger partial charge in [-0.3, -0.25) is 4.90 Å². The first-order valence-electron chi connectivity index (χ1n) is 15.8. The van der Waals surface area contributed by atoms with Gasteiger partial charge in [-0.15, -0.1) is 0 Å². The average molecular weight is 556 g/mol. The van der Waals surface area contributed by atoms with Crippen LogP contribution in [0, 0.1) is 28.1 Å². The van der Waals surface area contributed by atoms with Gasteiger partial charge in [0.2, 0.25) is 0 Å². The van der Waals surface area contributed by atoms with Gasteiger partial charge in [-0.2, -0.15) is 0 Å². The second kappa shape index (κ2) is 8.39. The lowest BCUT2D eigenvalue weighted by Gasteiger charge is -2.73. The zero-order valence-electron chi connectivity index (χ0n) is 25.0. The minimum atomic E-state index is -0.990. The summed E-state index contributed by atoms with van der Waals surface area (Å²) in [4.78, 5) is 2.80. The van der Waals surface area contributed by atoms with Crippen molar-refractivity contribution in [2.24, 2.45) is 28.1 Å². The number of piperidine rings is 1. The van der Waals surface area contributed by atoms with Crippen molar-refractivity contribution in [1.29, 1.82) is 0 Å². The molecule has 0 radical (unpaired) electrons. The van der Waals surface area contributed by atoms with Gasteiger partial charge in [0.1, 0.15) is 12.7 Å². The van der Waals surface area contributed by atoms with E-state index in [2.05, 4.69) is 62.1 Å². The summed E-state index contributed by atoms with van der Waals surface area (Å²) in [6, 6.07) is 15.1. The third-order valence-electron chi connectivity index (χ3n) is 12.7. The smallest absolute Gasteiger partial charge is 0.165 e. The summed E-state index contributed by atoms with van der Waals surface area (Å²) in [6.07, 6.45) is 10.1. The van der Waals surface area contributed by atoms with Crippen LogP contribution in [0.2, 0.25) is 0 Å². The highest BCUT2D eigenvalue weighted by atomic mass is 16.5. The molecule has 2 aromatic rings. The Morgan fingerprint density at radius 3 is 2.54 bits per heavy atom. The molecule has 5 nitrogen and oxygen atoms in total. The number of aliphatic hydroxyl groups excluding tert-OH is 1. The minimum Gasteiger partial charge on any atom is -0.485 e. The average Bonchev–Trinajstić information content (AvgIpc) is 3.70. The minimum absolute atomic E-state index is 0.0388. The molecule has 2 saturated carbocycles. The van der Waals surface area contributed by atoms with Gasteiger partial charge in [-0.25, -0.2) is 0 Å². The van der Waals surface area contributed by atoms with Gasteiger partial charge in [0, 0.05) is 34.9 Å². The predicted octanol–water partition coefficient (Wildman–Crippen LogP) is 5.66. The van der Waals surface area contributed by atoms with E-state index in [1.807, 2.05) is 25.1 Å². The zero-order chi connectivity index (χ0) is 28.4. The number of benzene rings is 2. The highest BCUT2D eigenvalue weighted by molar-refractivity contribution is 5.65. The summed E-state index contributed by atoms with van der Waals surface area (Å²) in [6.45, 7) is 11.1. The number of rotatable bonds is 7. The molecule has 4 bridgehead atoms. The Kier molecular flexibility index (Phi) is 5.38. The molecule has 7 atom stereocenters. The van der Waals surface area contributed by atoms with E-state index in [4.69, 9.17) is 9.47 Å². The van der Waals surface area contributed by atoms with Gasteiger partial charge >= 0.3 is 0 Å². The summed E-state index contributed by atoms with van der Waals surface area (Å²) in [7, 11) is 0. The molecular weight excluding hydrogens is 510 g/mol. The topological polar surface area (TPSA) is 62.2 Å². The van der Waals surface area contributed by atoms with E-state index in [1.165, 1.54) is 30.5 Å². The molecule has 2 heterocycles. The monoisotopic (exact) mass is 555 g/mol. The Hall–Kier alpha value is -2.34. The second-order valence-electron chi connectivity index (χ2n) is 15.4. The molecule has 0 aromatic heterocycles. The number of aliphatic hydroxyl groups is 2. The summed E-state index contributed by atoms with van der Waals surface area (Å²) in [5.41, 5.74) is 1.46. The first-order valence-corrected chi connectivity index (χ1v) is 15.8. The molecule has 2 N–H and O–H groups in total. The molecule has 2 spiro atoms. The van der Waals surface area contributed by atoms with E-state index in [1.54, 1.807) is 0 Å². The largest absolute Gasteiger partial charge is 0.485 e. The van der Waals surface area contributed by atoms with Crippen molar-refractivity contribution in [3.8, 4) is 11.5 Å². The zero-order valence-corrected chi connectivity index (χ0v) is 25.0. The first kappa shape index (κ1) is 26.3. The third-order valence-corrected chi connectivity index (χ3v) is 12.7. The van der Waals surface area contributed by atoms with Crippen LogP contribution in [-0.4, -0.2) is 52.6 Å². The van der Waals surface area contributed by atoms with Crippen molar-refractivity contribution < 1.29 is 19.7 Å². The number of likely N-dealkylation sites (tertiary alicyclic amines) is 1. The Bertz CT molecular complexity index is 1410. The fourth-order valence-electron chi connectivity index (χ4n) is 9.94. The van der Waals surface area contributed by atoms with Gasteiger partial charge in [-0.1, -0.05) is 69.3 Å². The van der Waals surface area contributed by atoms with E-state index in [9.17, 15) is 10.2 Å². The van der Waals surface area contributed by atoms with Crippen molar-refractivity contribution in [1.82, 2.24) is 4.90 Å². The summed E-state index contributed by atoms with van der Waals surface area (Å²) < 4.78 is 13.7. The highest BCUT2D eigenvalue weighted by Crippen LogP contribution is 2.77. The van der Waals surface area contributed by atoms with Crippen molar-refractivity contribution in [2.75, 3.05) is 19.7 Å². The van der Waals surface area contributed by atoms with Crippen molar-refractivity contribution in [3.63, 3.8) is 0 Å². The van der Waals surface area contributed by atoms with Crippen LogP contribution < -0.4 is 9.47 Å². The molecule has 2 aromatic carbocycles. The SMILES string of the molecule is CC(C)(C)[C@@](C)(O)C1C[C@@]23C=C[C@@]1(CO)[C@@H]1Oc4c(OCc5ccccc5)ccc5c4[C@@]12CCN(CC1CC1)[C@@H]3C5. The predicted molar refractivity (Wildman–Crippen MR) is 159 cm³/mol. The van der Waals surface area contributed by atoms with Gasteiger partial charge in [0.05, 0.1) is 17.6 Å². The lowest BCUT2D eigenvalue weighted by atomic mass is 9.33. The van der Waals surface area contributed by atoms with Crippen LogP contribution in [0.5, 0.6) is 11.5 Å². The van der Waals surface area contributed by atoms with Gasteiger partial charge in [0.15, 0.2) is 11.5 Å². The quantitative estimate of drug-likeness (QED) is 0.432. The maximum Gasteiger partial charge on any atom is 0.165 e. The fourth-order valence-corrected chi connectivity index (χ4v) is 9.94. The van der Waals surface area contributed by atoms with E-state index >= 15 is 0 Å². The summed E-state index contributed by atoms with van der Waals surface area (Å²) >= 11 is 0. The van der Waals surface area contributed by atoms with E-state index in [-0.39, 0.29) is 34.9 Å². The molecule has 7 aliphatic rings. The van der Waals surface area contributed by atoms with Gasteiger partial charge in [-0.05, 0) is 74.1 Å². The van der Waals surface area contributed by atoms with Crippen LogP contribution in [-0.2, 0) is 18.4 Å². The number of nitrogens with zero attached hydrogens (tertiary/aromatic N) is 1. The van der Waals surface area contributed by atoms with Crippen molar-refractivity contribution >= 4 is 0 Å². The molecule has 5 aliphatic carbocycles. The van der Waals surface area contributed by atoms with Crippen LogP contribution in [0.25, 0.3) is 0 Å². The molecule has 218 valence electrons. The summed E-state index contributed by atoms with van der Waals surface area (Å²) in [5.74, 6) is 2.38. The second-order valence-corrected chi connectivity index (χ2v) is 15.4. The highest BCUT2D eigenvalue weighted by Gasteiger charge is 2.80. The Morgan fingerprint density at radius 1 is 1.05 bits per heavy atom. The number of fused-ring (bicyclic) bond motifs is 1. The number of hydrogen-bond acceptors (Lipinski definition) is 5. The molecule has 41 heavy (non-hydrogen) atoms. The molecule has 1 saturated heterocycles. The van der Waals surface area contributed by atoms with Gasteiger partial charge < -0.3 is 19.7 Å². The molecule has 2 aliphatic heterocycles. The Balaban J connectivity index is 1.30. The van der Waals surface area contributed by atoms with Crippen LogP contribution in [0.3, 0.4) is 0 Å². The van der Waals surface area contributed by atoms with Crippen LogP contribution >= 0.6 is 0 Å². The maximum atomic E-state index is 12.4. The number of ether oxygens (including phenoxy) is 2. The molecule has 9 rings (SSSR count). The van der Waals surface area contributed by atoms with Crippen LogP contribution in [0.1, 0.15) is 70.1 Å². The first-order chi connectivity index (χ1) is 19.6. The third kappa shape index (κ3) is 3.24. The lowest BCUT2D eigenvalue weighted by molar-refractivity contribution is -0.238. The maximum absolute atomic E-state index is 12.4. The van der Waals surface area contributed by atoms with Crippen LogP contribution in [0.15, 0.2) is 54.6 Å². The lowest BCUT2D eigenvalue weighted by Crippen LogP contribution is -2.79. The normalized spacial score (nSPS) is 37.9. The molecule has 3 fully saturated rings. The van der Waals surface area contributed by atoms with Crippen molar-refractivity contribution in [2.45, 2.75) is 89.6 Å². The van der Waals surface area contributed by atoms with Gasteiger partial charge in [0.25, 0.3) is 0 Å². The Morgan fingerprint density at radius 2 is 1.83 bits per heavy atom.